The Morgan fingerprint density at radius 3 is 1.47 bits per heavy atom. The minimum atomic E-state index is -0.985. The Labute approximate surface area is 330 Å². The van der Waals surface area contributed by atoms with E-state index in [1.165, 1.54) is 55.3 Å². The van der Waals surface area contributed by atoms with E-state index in [2.05, 4.69) is 206 Å². The summed E-state index contributed by atoms with van der Waals surface area (Å²) in [5, 5.41) is 5.74. The Morgan fingerprint density at radius 1 is 0.421 bits per heavy atom. The Balaban J connectivity index is 1.40. The number of fused-ring (bicyclic) bond motifs is 14. The fraction of sp³-hybridized carbons (Fsp3) is 0.0727. The van der Waals surface area contributed by atoms with Crippen LogP contribution in [0, 0.1) is 13.8 Å². The maximum absolute atomic E-state index is 15.7. The van der Waals surface area contributed by atoms with Gasteiger partial charge in [0, 0.05) is 27.1 Å². The van der Waals surface area contributed by atoms with Crippen molar-refractivity contribution in [3.05, 3.63) is 248 Å². The van der Waals surface area contributed by atoms with Crippen LogP contribution < -0.4 is 5.43 Å². The zero-order valence-electron chi connectivity index (χ0n) is 31.8. The summed E-state index contributed by atoms with van der Waals surface area (Å²) in [6.07, 6.45) is 0. The second kappa shape index (κ2) is 11.5. The lowest BCUT2D eigenvalue weighted by atomic mass is 9.55. The van der Waals surface area contributed by atoms with Crippen LogP contribution in [0.25, 0.3) is 54.5 Å². The van der Waals surface area contributed by atoms with Gasteiger partial charge in [0.25, 0.3) is 0 Å². The molecule has 2 heteroatoms. The molecule has 9 aromatic carbocycles. The highest BCUT2D eigenvalue weighted by Gasteiger charge is 2.58. The molecule has 0 bridgehead atoms. The topological polar surface area (TPSA) is 22.0 Å². The van der Waals surface area contributed by atoms with Gasteiger partial charge in [-0.05, 0) is 92.9 Å². The third kappa shape index (κ3) is 3.92. The number of aryl methyl sites for hydroxylation is 2. The predicted molar refractivity (Wildman–Crippen MR) is 236 cm³/mol. The molecular weight excluding hydrogens is 691 g/mol. The van der Waals surface area contributed by atoms with Crippen LogP contribution in [0.1, 0.15) is 50.1 Å². The summed E-state index contributed by atoms with van der Waals surface area (Å²) < 4.78 is 2.59. The van der Waals surface area contributed by atoms with Gasteiger partial charge in [-0.3, -0.25) is 4.79 Å². The maximum atomic E-state index is 15.7. The second-order valence-electron chi connectivity index (χ2n) is 16.0. The fourth-order valence-corrected chi connectivity index (χ4v) is 11.2. The van der Waals surface area contributed by atoms with Crippen LogP contribution in [-0.2, 0) is 11.0 Å². The molecular formula is C55H37NO. The van der Waals surface area contributed by atoms with Crippen LogP contribution >= 0.6 is 0 Å². The van der Waals surface area contributed by atoms with Gasteiger partial charge >= 0.3 is 0 Å². The molecule has 0 atom stereocenters. The van der Waals surface area contributed by atoms with Crippen LogP contribution in [0.2, 0.25) is 0 Å². The fourth-order valence-electron chi connectivity index (χ4n) is 11.2. The van der Waals surface area contributed by atoms with E-state index < -0.39 is 11.0 Å². The van der Waals surface area contributed by atoms with E-state index in [4.69, 9.17) is 0 Å². The SMILES string of the molecule is Cc1ccc2ccc3ccc(C)c(C4(n5c6ccccc6c6ccccc65)c5ccccc5C5(c6ccccc6-c6ccccc65)c5ccccc54)c3c(=O)c2c1. The Morgan fingerprint density at radius 2 is 0.877 bits per heavy atom. The summed E-state index contributed by atoms with van der Waals surface area (Å²) in [4.78, 5) is 15.7. The summed E-state index contributed by atoms with van der Waals surface area (Å²) >= 11 is 0. The molecule has 0 amide bonds. The van der Waals surface area contributed by atoms with Crippen molar-refractivity contribution in [1.29, 1.82) is 0 Å². The highest BCUT2D eigenvalue weighted by Crippen LogP contribution is 2.64. The summed E-state index contributed by atoms with van der Waals surface area (Å²) in [6.45, 7) is 4.28. The molecule has 2 aliphatic carbocycles. The summed E-state index contributed by atoms with van der Waals surface area (Å²) in [5.41, 5.74) is 13.8. The molecule has 10 aromatic rings. The number of para-hydroxylation sites is 2. The zero-order valence-corrected chi connectivity index (χ0v) is 31.8. The molecule has 0 saturated carbocycles. The summed E-state index contributed by atoms with van der Waals surface area (Å²) in [7, 11) is 0. The van der Waals surface area contributed by atoms with Gasteiger partial charge in [0.05, 0.1) is 16.4 Å². The van der Waals surface area contributed by atoms with Gasteiger partial charge < -0.3 is 4.57 Å². The molecule has 0 radical (unpaired) electrons. The van der Waals surface area contributed by atoms with Crippen molar-refractivity contribution in [3.63, 3.8) is 0 Å². The highest BCUT2D eigenvalue weighted by molar-refractivity contribution is 6.09. The van der Waals surface area contributed by atoms with Gasteiger partial charge in [-0.2, -0.15) is 0 Å². The molecule has 2 aliphatic rings. The van der Waals surface area contributed by atoms with E-state index in [1.807, 2.05) is 0 Å². The van der Waals surface area contributed by atoms with Gasteiger partial charge in [-0.15, -0.1) is 0 Å². The first-order chi connectivity index (χ1) is 28.0. The van der Waals surface area contributed by atoms with Crippen LogP contribution in [0.15, 0.2) is 193 Å². The molecule has 1 heterocycles. The number of nitrogens with zero attached hydrogens (tertiary/aromatic N) is 1. The van der Waals surface area contributed by atoms with E-state index >= 15 is 4.79 Å². The zero-order chi connectivity index (χ0) is 38.0. The van der Waals surface area contributed by atoms with Gasteiger partial charge in [-0.1, -0.05) is 175 Å². The van der Waals surface area contributed by atoms with Crippen molar-refractivity contribution < 1.29 is 0 Å². The standard InChI is InChI=1S/C55H37NO/c1-34-27-29-36-31-32-37-30-28-35(2)52(51(37)53(57)42(36)33-34)55(56-49-25-13-5-17-40(49)41-18-6-14-26-50(41)56)47-23-11-9-21-45(47)54(46-22-10-12-24-48(46)55)43-19-7-3-15-38(43)39-16-4-8-20-44(39)54/h3-33H,1-2H3. The minimum absolute atomic E-state index is 0.0550. The van der Waals surface area contributed by atoms with Crippen molar-refractivity contribution in [2.75, 3.05) is 0 Å². The van der Waals surface area contributed by atoms with Crippen molar-refractivity contribution in [2.45, 2.75) is 24.8 Å². The molecule has 1 spiro atoms. The lowest BCUT2D eigenvalue weighted by Crippen LogP contribution is -2.48. The summed E-state index contributed by atoms with van der Waals surface area (Å²) in [5.74, 6) is 0. The Kier molecular flexibility index (Phi) is 6.51. The lowest BCUT2D eigenvalue weighted by Gasteiger charge is -2.51. The molecule has 0 saturated heterocycles. The van der Waals surface area contributed by atoms with E-state index in [-0.39, 0.29) is 5.43 Å². The molecule has 2 nitrogen and oxygen atoms in total. The smallest absolute Gasteiger partial charge is 0.194 e. The number of aromatic nitrogens is 1. The second-order valence-corrected chi connectivity index (χ2v) is 16.0. The van der Waals surface area contributed by atoms with Crippen LogP contribution in [0.5, 0.6) is 0 Å². The van der Waals surface area contributed by atoms with Gasteiger partial charge in [0.2, 0.25) is 0 Å². The largest absolute Gasteiger partial charge is 0.322 e. The van der Waals surface area contributed by atoms with E-state index in [1.54, 1.807) is 0 Å². The van der Waals surface area contributed by atoms with Gasteiger partial charge in [-0.25, -0.2) is 0 Å². The molecule has 0 N–H and O–H groups in total. The summed E-state index contributed by atoms with van der Waals surface area (Å²) in [6, 6.07) is 68.8. The quantitative estimate of drug-likeness (QED) is 0.174. The minimum Gasteiger partial charge on any atom is -0.322 e. The number of hydrogen-bond acceptors (Lipinski definition) is 1. The molecule has 12 rings (SSSR count). The third-order valence-corrected chi connectivity index (χ3v) is 13.2. The Bertz CT molecular complexity index is 3270. The Hall–Kier alpha value is -7.03. The predicted octanol–water partition coefficient (Wildman–Crippen LogP) is 12.6. The van der Waals surface area contributed by atoms with E-state index in [0.29, 0.717) is 0 Å². The third-order valence-electron chi connectivity index (χ3n) is 13.2. The van der Waals surface area contributed by atoms with Crippen molar-refractivity contribution >= 4 is 43.4 Å². The van der Waals surface area contributed by atoms with Crippen LogP contribution in [0.3, 0.4) is 0 Å². The van der Waals surface area contributed by atoms with Gasteiger partial charge in [0.1, 0.15) is 5.54 Å². The average Bonchev–Trinajstić information content (AvgIpc) is 3.70. The monoisotopic (exact) mass is 727 g/mol. The molecule has 268 valence electrons. The number of hydrogen-bond donors (Lipinski definition) is 0. The molecule has 0 fully saturated rings. The maximum Gasteiger partial charge on any atom is 0.194 e. The highest BCUT2D eigenvalue weighted by atomic mass is 16.1. The number of rotatable bonds is 2. The van der Waals surface area contributed by atoms with Crippen LogP contribution in [0.4, 0.5) is 0 Å². The molecule has 1 aromatic heterocycles. The first kappa shape index (κ1) is 32.2. The van der Waals surface area contributed by atoms with Crippen molar-refractivity contribution in [1.82, 2.24) is 4.57 Å². The van der Waals surface area contributed by atoms with Crippen molar-refractivity contribution in [3.8, 4) is 11.1 Å². The first-order valence-electron chi connectivity index (χ1n) is 19.9. The molecule has 0 unspecified atom stereocenters. The van der Waals surface area contributed by atoms with Crippen LogP contribution in [-0.4, -0.2) is 4.57 Å². The average molecular weight is 728 g/mol. The molecule has 0 aliphatic heterocycles. The molecule has 57 heavy (non-hydrogen) atoms. The van der Waals surface area contributed by atoms with E-state index in [0.717, 1.165) is 49.3 Å². The van der Waals surface area contributed by atoms with E-state index in [9.17, 15) is 0 Å². The van der Waals surface area contributed by atoms with Gasteiger partial charge in [0.15, 0.2) is 5.43 Å². The first-order valence-corrected chi connectivity index (χ1v) is 19.9. The normalized spacial score (nSPS) is 14.5. The number of benzene rings is 8. The van der Waals surface area contributed by atoms with Crippen molar-refractivity contribution in [2.24, 2.45) is 0 Å². The lowest BCUT2D eigenvalue weighted by molar-refractivity contribution is 0.503.